The first-order chi connectivity index (χ1) is 8.14. The number of hydrogen-bond acceptors (Lipinski definition) is 3. The summed E-state index contributed by atoms with van der Waals surface area (Å²) in [5.41, 5.74) is -2.07. The number of rotatable bonds is 3. The summed E-state index contributed by atoms with van der Waals surface area (Å²) < 4.78 is 38.1. The molecule has 7 heteroatoms. The van der Waals surface area contributed by atoms with Crippen molar-refractivity contribution >= 4 is 5.69 Å². The molecule has 0 aliphatic carbocycles. The van der Waals surface area contributed by atoms with Gasteiger partial charge in [-0.15, -0.1) is 0 Å². The molecule has 4 nitrogen and oxygen atoms in total. The van der Waals surface area contributed by atoms with Gasteiger partial charge in [-0.05, 0) is 18.6 Å². The molecule has 0 aromatic heterocycles. The number of aliphatic hydroxyl groups is 1. The Morgan fingerprint density at radius 1 is 1.33 bits per heavy atom. The number of halogens is 3. The van der Waals surface area contributed by atoms with Crippen LogP contribution in [0.4, 0.5) is 18.9 Å². The minimum atomic E-state index is -4.79. The first-order valence-electron chi connectivity index (χ1n) is 5.18. The molecule has 1 rings (SSSR count). The van der Waals surface area contributed by atoms with Crippen molar-refractivity contribution in [3.63, 3.8) is 0 Å². The van der Waals surface area contributed by atoms with Crippen molar-refractivity contribution < 1.29 is 23.2 Å². The maximum absolute atomic E-state index is 12.7. The summed E-state index contributed by atoms with van der Waals surface area (Å²) in [6, 6.07) is 2.76. The van der Waals surface area contributed by atoms with Gasteiger partial charge in [0, 0.05) is 12.0 Å². The van der Waals surface area contributed by atoms with Crippen molar-refractivity contribution in [1.82, 2.24) is 0 Å². The molecule has 0 fully saturated rings. The molecule has 0 spiro atoms. The third-order valence-electron chi connectivity index (χ3n) is 2.77. The summed E-state index contributed by atoms with van der Waals surface area (Å²) in [4.78, 5) is 9.47. The monoisotopic (exact) mass is 263 g/mol. The minimum absolute atomic E-state index is 0.211. The fraction of sp³-hybridized carbons (Fsp3) is 0.455. The van der Waals surface area contributed by atoms with Crippen LogP contribution in [0.3, 0.4) is 0 Å². The van der Waals surface area contributed by atoms with Crippen LogP contribution in [0, 0.1) is 10.1 Å². The van der Waals surface area contributed by atoms with E-state index in [1.165, 1.54) is 13.0 Å². The Labute approximate surface area is 101 Å². The summed E-state index contributed by atoms with van der Waals surface area (Å²) in [5.74, 6) is -0.535. The summed E-state index contributed by atoms with van der Waals surface area (Å²) in [7, 11) is 0. The first kappa shape index (κ1) is 14.4. The normalized spacial score (nSPS) is 15.2. The average molecular weight is 263 g/mol. The zero-order valence-electron chi connectivity index (χ0n) is 9.73. The highest BCUT2D eigenvalue weighted by Crippen LogP contribution is 2.38. The Bertz CT molecular complexity index is 457. The van der Waals surface area contributed by atoms with Crippen molar-refractivity contribution in [1.29, 1.82) is 0 Å². The smallest absolute Gasteiger partial charge is 0.393 e. The molecule has 0 aliphatic heterocycles. The van der Waals surface area contributed by atoms with Gasteiger partial charge in [-0.2, -0.15) is 13.2 Å². The summed E-state index contributed by atoms with van der Waals surface area (Å²) >= 11 is 0. The van der Waals surface area contributed by atoms with Gasteiger partial charge >= 0.3 is 6.18 Å². The van der Waals surface area contributed by atoms with Gasteiger partial charge in [0.15, 0.2) is 0 Å². The van der Waals surface area contributed by atoms with Gasteiger partial charge in [-0.25, -0.2) is 0 Å². The Kier molecular flexibility index (Phi) is 3.95. The summed E-state index contributed by atoms with van der Waals surface area (Å²) in [6.45, 7) is 2.99. The lowest BCUT2D eigenvalue weighted by molar-refractivity contribution is -0.388. The SMILES string of the molecule is CC(O)C(C)c1ccc([N+](=O)[O-])c(C(F)(F)F)c1. The molecule has 1 aromatic rings. The van der Waals surface area contributed by atoms with E-state index in [9.17, 15) is 28.4 Å². The Hall–Kier alpha value is -1.63. The number of alkyl halides is 3. The van der Waals surface area contributed by atoms with Gasteiger partial charge in [0.25, 0.3) is 5.69 Å². The van der Waals surface area contributed by atoms with E-state index in [1.54, 1.807) is 6.92 Å². The van der Waals surface area contributed by atoms with Gasteiger partial charge in [-0.3, -0.25) is 10.1 Å². The molecule has 1 aromatic carbocycles. The minimum Gasteiger partial charge on any atom is -0.393 e. The van der Waals surface area contributed by atoms with Gasteiger partial charge < -0.3 is 5.11 Å². The molecule has 0 radical (unpaired) electrons. The molecule has 1 N–H and O–H groups in total. The Morgan fingerprint density at radius 3 is 2.28 bits per heavy atom. The lowest BCUT2D eigenvalue weighted by Gasteiger charge is -2.16. The van der Waals surface area contributed by atoms with Crippen LogP contribution in [0.2, 0.25) is 0 Å². The zero-order valence-corrected chi connectivity index (χ0v) is 9.73. The van der Waals surface area contributed by atoms with Crippen LogP contribution in [0.1, 0.15) is 30.9 Å². The maximum atomic E-state index is 12.7. The van der Waals surface area contributed by atoms with Crippen molar-refractivity contribution in [3.8, 4) is 0 Å². The van der Waals surface area contributed by atoms with Crippen molar-refractivity contribution in [3.05, 3.63) is 39.4 Å². The first-order valence-corrected chi connectivity index (χ1v) is 5.18. The van der Waals surface area contributed by atoms with Crippen LogP contribution in [0.25, 0.3) is 0 Å². The molecule has 2 atom stereocenters. The predicted molar refractivity (Wildman–Crippen MR) is 58.2 cm³/mol. The van der Waals surface area contributed by atoms with Crippen LogP contribution in [-0.2, 0) is 6.18 Å². The van der Waals surface area contributed by atoms with Crippen molar-refractivity contribution in [2.75, 3.05) is 0 Å². The molecule has 0 amide bonds. The van der Waals surface area contributed by atoms with E-state index in [4.69, 9.17) is 0 Å². The second-order valence-corrected chi connectivity index (χ2v) is 4.06. The largest absolute Gasteiger partial charge is 0.423 e. The molecule has 100 valence electrons. The van der Waals surface area contributed by atoms with E-state index in [-0.39, 0.29) is 5.56 Å². The molecule has 0 bridgehead atoms. The standard InChI is InChI=1S/C11H12F3NO3/c1-6(7(2)16)8-3-4-10(15(17)18)9(5-8)11(12,13)14/h3-7,16H,1-2H3. The lowest BCUT2D eigenvalue weighted by Crippen LogP contribution is -2.14. The quantitative estimate of drug-likeness (QED) is 0.673. The number of nitro benzene ring substituents is 1. The van der Waals surface area contributed by atoms with Gasteiger partial charge in [-0.1, -0.05) is 13.0 Å². The van der Waals surface area contributed by atoms with Crippen LogP contribution in [-0.4, -0.2) is 16.1 Å². The zero-order chi connectivity index (χ0) is 14.1. The second kappa shape index (κ2) is 4.93. The number of hydrogen-bond donors (Lipinski definition) is 1. The highest BCUT2D eigenvalue weighted by Gasteiger charge is 2.38. The molecule has 0 saturated heterocycles. The molecule has 18 heavy (non-hydrogen) atoms. The van der Waals surface area contributed by atoms with Crippen molar-refractivity contribution in [2.45, 2.75) is 32.0 Å². The number of aliphatic hydroxyl groups excluding tert-OH is 1. The average Bonchev–Trinajstić information content (AvgIpc) is 2.25. The third-order valence-corrected chi connectivity index (χ3v) is 2.77. The summed E-state index contributed by atoms with van der Waals surface area (Å²) in [6.07, 6.45) is -5.64. The lowest BCUT2D eigenvalue weighted by atomic mass is 9.94. The number of nitro groups is 1. The molecular weight excluding hydrogens is 251 g/mol. The maximum Gasteiger partial charge on any atom is 0.423 e. The Morgan fingerprint density at radius 2 is 1.89 bits per heavy atom. The second-order valence-electron chi connectivity index (χ2n) is 4.06. The van der Waals surface area contributed by atoms with Crippen LogP contribution in [0.15, 0.2) is 18.2 Å². The number of benzene rings is 1. The molecule has 2 unspecified atom stereocenters. The molecular formula is C11H12F3NO3. The van der Waals surface area contributed by atoms with Gasteiger partial charge in [0.2, 0.25) is 0 Å². The molecule has 0 aliphatic rings. The van der Waals surface area contributed by atoms with E-state index in [0.29, 0.717) is 0 Å². The van der Waals surface area contributed by atoms with Crippen LogP contribution >= 0.6 is 0 Å². The topological polar surface area (TPSA) is 63.4 Å². The number of nitrogens with zero attached hydrogens (tertiary/aromatic N) is 1. The van der Waals surface area contributed by atoms with Gasteiger partial charge in [0.1, 0.15) is 5.56 Å². The van der Waals surface area contributed by atoms with E-state index in [1.807, 2.05) is 0 Å². The van der Waals surface area contributed by atoms with Gasteiger partial charge in [0.05, 0.1) is 11.0 Å². The Balaban J connectivity index is 3.35. The van der Waals surface area contributed by atoms with E-state index < -0.39 is 34.4 Å². The summed E-state index contributed by atoms with van der Waals surface area (Å²) in [5, 5.41) is 19.9. The predicted octanol–water partition coefficient (Wildman–Crippen LogP) is 3.10. The van der Waals surface area contributed by atoms with Crippen LogP contribution < -0.4 is 0 Å². The van der Waals surface area contributed by atoms with Crippen LogP contribution in [0.5, 0.6) is 0 Å². The fourth-order valence-corrected chi connectivity index (χ4v) is 1.50. The molecule has 0 saturated carbocycles. The van der Waals surface area contributed by atoms with E-state index in [0.717, 1.165) is 12.1 Å². The molecule has 0 heterocycles. The third kappa shape index (κ3) is 2.98. The van der Waals surface area contributed by atoms with Crippen molar-refractivity contribution in [2.24, 2.45) is 0 Å². The highest BCUT2D eigenvalue weighted by atomic mass is 19.4. The highest BCUT2D eigenvalue weighted by molar-refractivity contribution is 5.45. The van der Waals surface area contributed by atoms with E-state index >= 15 is 0 Å². The van der Waals surface area contributed by atoms with E-state index in [2.05, 4.69) is 0 Å². The fourth-order valence-electron chi connectivity index (χ4n) is 1.50.